The molecule has 0 atom stereocenters. The van der Waals surface area contributed by atoms with Gasteiger partial charge in [-0.2, -0.15) is 0 Å². The first-order chi connectivity index (χ1) is 17.8. The Bertz CT molecular complexity index is 1430. The Hall–Kier alpha value is -5.12. The summed E-state index contributed by atoms with van der Waals surface area (Å²) >= 11 is 0. The van der Waals surface area contributed by atoms with E-state index in [0.29, 0.717) is 22.8 Å². The molecule has 0 aliphatic heterocycles. The van der Waals surface area contributed by atoms with Crippen molar-refractivity contribution in [3.8, 4) is 17.2 Å². The van der Waals surface area contributed by atoms with E-state index in [-0.39, 0.29) is 29.5 Å². The van der Waals surface area contributed by atoms with Crippen molar-refractivity contribution < 1.29 is 33.1 Å². The van der Waals surface area contributed by atoms with Crippen LogP contribution in [0.4, 0.5) is 11.4 Å². The van der Waals surface area contributed by atoms with E-state index >= 15 is 0 Å². The zero-order valence-corrected chi connectivity index (χ0v) is 19.9. The number of non-ortho nitro benzene ring substituents is 1. The molecule has 1 N–H and O–H groups in total. The molecular weight excluding hydrogens is 480 g/mol. The van der Waals surface area contributed by atoms with E-state index in [1.165, 1.54) is 31.4 Å². The summed E-state index contributed by atoms with van der Waals surface area (Å²) in [6, 6.07) is 20.6. The number of furan rings is 1. The van der Waals surface area contributed by atoms with Crippen LogP contribution in [-0.2, 0) is 11.3 Å². The number of hydrogen-bond acceptors (Lipinski definition) is 8. The highest BCUT2D eigenvalue weighted by Crippen LogP contribution is 2.30. The van der Waals surface area contributed by atoms with Crippen molar-refractivity contribution in [2.75, 3.05) is 12.4 Å². The number of nitro groups is 1. The maximum Gasteiger partial charge on any atom is 0.337 e. The maximum absolute atomic E-state index is 12.7. The maximum atomic E-state index is 12.7. The van der Waals surface area contributed by atoms with Gasteiger partial charge in [-0.15, -0.1) is 0 Å². The first-order valence-electron chi connectivity index (χ1n) is 11.1. The largest absolute Gasteiger partial charge is 0.486 e. The number of nitrogens with zero attached hydrogens (tertiary/aromatic N) is 1. The highest BCUT2D eigenvalue weighted by molar-refractivity contribution is 6.02. The minimum atomic E-state index is -0.601. The summed E-state index contributed by atoms with van der Waals surface area (Å²) in [6.07, 6.45) is 0. The lowest BCUT2D eigenvalue weighted by Gasteiger charge is -2.09. The van der Waals surface area contributed by atoms with E-state index in [1.807, 2.05) is 19.1 Å². The van der Waals surface area contributed by atoms with Gasteiger partial charge in [0.1, 0.15) is 29.6 Å². The number of methoxy groups -OCH3 is 1. The van der Waals surface area contributed by atoms with E-state index in [9.17, 15) is 19.7 Å². The van der Waals surface area contributed by atoms with E-state index in [4.69, 9.17) is 13.9 Å². The number of carbonyl (C=O) groups is 2. The fourth-order valence-corrected chi connectivity index (χ4v) is 3.29. The molecule has 0 spiro atoms. The first-order valence-corrected chi connectivity index (χ1v) is 11.1. The SMILES string of the molecule is COC(=O)c1ccc(OCc2ccc(C(=O)Nc3cc(Oc4ccc(C)cc4)cc([N+](=O)[O-])c3)o2)cc1. The van der Waals surface area contributed by atoms with Crippen molar-refractivity contribution in [1.82, 2.24) is 0 Å². The molecule has 4 aromatic rings. The second-order valence-corrected chi connectivity index (χ2v) is 7.91. The van der Waals surface area contributed by atoms with Crippen molar-refractivity contribution in [1.29, 1.82) is 0 Å². The van der Waals surface area contributed by atoms with Crippen molar-refractivity contribution in [2.24, 2.45) is 0 Å². The third kappa shape index (κ3) is 6.51. The van der Waals surface area contributed by atoms with Gasteiger partial charge in [0.2, 0.25) is 0 Å². The van der Waals surface area contributed by atoms with Crippen molar-refractivity contribution >= 4 is 23.3 Å². The van der Waals surface area contributed by atoms with Crippen molar-refractivity contribution in [2.45, 2.75) is 13.5 Å². The number of hydrogen-bond donors (Lipinski definition) is 1. The Morgan fingerprint density at radius 1 is 0.919 bits per heavy atom. The lowest BCUT2D eigenvalue weighted by molar-refractivity contribution is -0.384. The Kier molecular flexibility index (Phi) is 7.48. The number of carbonyl (C=O) groups excluding carboxylic acids is 2. The van der Waals surface area contributed by atoms with Gasteiger partial charge in [-0.1, -0.05) is 17.7 Å². The van der Waals surface area contributed by atoms with Crippen LogP contribution in [0.2, 0.25) is 0 Å². The van der Waals surface area contributed by atoms with Gasteiger partial charge in [0.25, 0.3) is 11.6 Å². The summed E-state index contributed by atoms with van der Waals surface area (Å²) in [4.78, 5) is 35.1. The summed E-state index contributed by atoms with van der Waals surface area (Å²) in [6.45, 7) is 1.97. The van der Waals surface area contributed by atoms with Gasteiger partial charge >= 0.3 is 5.97 Å². The van der Waals surface area contributed by atoms with E-state index in [2.05, 4.69) is 10.1 Å². The number of esters is 1. The molecule has 0 saturated carbocycles. The van der Waals surface area contributed by atoms with Crippen LogP contribution in [0.1, 0.15) is 32.2 Å². The second-order valence-electron chi connectivity index (χ2n) is 7.91. The molecule has 10 nitrogen and oxygen atoms in total. The topological polar surface area (TPSA) is 130 Å². The number of rotatable bonds is 9. The quantitative estimate of drug-likeness (QED) is 0.170. The van der Waals surface area contributed by atoms with E-state index in [0.717, 1.165) is 5.56 Å². The monoisotopic (exact) mass is 502 g/mol. The Morgan fingerprint density at radius 3 is 2.30 bits per heavy atom. The van der Waals surface area contributed by atoms with Crippen LogP contribution in [0.5, 0.6) is 17.2 Å². The molecule has 0 aliphatic carbocycles. The van der Waals surface area contributed by atoms with E-state index in [1.54, 1.807) is 42.5 Å². The Labute approximate surface area is 211 Å². The molecule has 3 aromatic carbocycles. The smallest absolute Gasteiger partial charge is 0.337 e. The standard InChI is InChI=1S/C27H22N2O8/c1-17-3-7-22(8-4-17)36-24-14-19(13-20(15-24)29(32)33)28-26(30)25-12-11-23(37-25)16-35-21-9-5-18(6-10-21)27(31)34-2/h3-15H,16H2,1-2H3,(H,28,30). The summed E-state index contributed by atoms with van der Waals surface area (Å²) in [5.74, 6) is 0.505. The lowest BCUT2D eigenvalue weighted by Crippen LogP contribution is -2.11. The van der Waals surface area contributed by atoms with Crippen LogP contribution >= 0.6 is 0 Å². The highest BCUT2D eigenvalue weighted by Gasteiger charge is 2.16. The molecule has 10 heteroatoms. The molecule has 0 unspecified atom stereocenters. The lowest BCUT2D eigenvalue weighted by atomic mass is 10.2. The van der Waals surface area contributed by atoms with Gasteiger partial charge < -0.3 is 23.9 Å². The number of nitro benzene ring substituents is 1. The van der Waals surface area contributed by atoms with E-state index < -0.39 is 16.8 Å². The minimum Gasteiger partial charge on any atom is -0.486 e. The molecule has 1 aromatic heterocycles. The van der Waals surface area contributed by atoms with Crippen molar-refractivity contribution in [3.05, 3.63) is 112 Å². The molecule has 1 amide bonds. The second kappa shape index (κ2) is 11.1. The number of anilines is 1. The average Bonchev–Trinajstić information content (AvgIpc) is 3.38. The van der Waals surface area contributed by atoms with Crippen LogP contribution in [0, 0.1) is 17.0 Å². The number of ether oxygens (including phenoxy) is 3. The molecule has 4 rings (SSSR count). The van der Waals surface area contributed by atoms with Crippen molar-refractivity contribution in [3.63, 3.8) is 0 Å². The number of nitrogens with one attached hydrogen (secondary N) is 1. The van der Waals surface area contributed by atoms with Crippen LogP contribution in [0.3, 0.4) is 0 Å². The highest BCUT2D eigenvalue weighted by atomic mass is 16.6. The molecule has 0 radical (unpaired) electrons. The molecule has 37 heavy (non-hydrogen) atoms. The number of amides is 1. The zero-order valence-electron chi connectivity index (χ0n) is 19.9. The van der Waals surface area contributed by atoms with Gasteiger partial charge in [-0.3, -0.25) is 14.9 Å². The van der Waals surface area contributed by atoms with Crippen LogP contribution in [-0.4, -0.2) is 23.9 Å². The third-order valence-corrected chi connectivity index (χ3v) is 5.16. The molecular formula is C27H22N2O8. The summed E-state index contributed by atoms with van der Waals surface area (Å²) < 4.78 is 21.6. The summed E-state index contributed by atoms with van der Waals surface area (Å²) in [5, 5.41) is 14.0. The average molecular weight is 502 g/mol. The Balaban J connectivity index is 1.42. The van der Waals surface area contributed by atoms with Crippen LogP contribution < -0.4 is 14.8 Å². The number of aryl methyl sites for hydroxylation is 1. The van der Waals surface area contributed by atoms with Gasteiger partial charge in [-0.05, 0) is 55.5 Å². The Morgan fingerprint density at radius 2 is 1.62 bits per heavy atom. The molecule has 1 heterocycles. The predicted octanol–water partition coefficient (Wildman–Crippen LogP) is 5.91. The fraction of sp³-hybridized carbons (Fsp3) is 0.111. The van der Waals surface area contributed by atoms with Gasteiger partial charge in [0.15, 0.2) is 5.76 Å². The molecule has 0 saturated heterocycles. The van der Waals surface area contributed by atoms with Crippen LogP contribution in [0.15, 0.2) is 83.3 Å². The normalized spacial score (nSPS) is 10.4. The summed E-state index contributed by atoms with van der Waals surface area (Å²) in [5.41, 5.74) is 1.35. The van der Waals surface area contributed by atoms with Gasteiger partial charge in [0.05, 0.1) is 29.4 Å². The third-order valence-electron chi connectivity index (χ3n) is 5.16. The molecule has 188 valence electrons. The van der Waals surface area contributed by atoms with Gasteiger partial charge in [0, 0.05) is 12.1 Å². The first kappa shape index (κ1) is 25.0. The zero-order chi connectivity index (χ0) is 26.4. The summed E-state index contributed by atoms with van der Waals surface area (Å²) in [7, 11) is 1.30. The number of benzene rings is 3. The molecule has 0 fully saturated rings. The molecule has 0 bridgehead atoms. The fourth-order valence-electron chi connectivity index (χ4n) is 3.29. The van der Waals surface area contributed by atoms with Gasteiger partial charge in [-0.25, -0.2) is 4.79 Å². The van der Waals surface area contributed by atoms with Crippen LogP contribution in [0.25, 0.3) is 0 Å². The minimum absolute atomic E-state index is 0.00727. The molecule has 0 aliphatic rings. The predicted molar refractivity (Wildman–Crippen MR) is 133 cm³/mol.